The van der Waals surface area contributed by atoms with Gasteiger partial charge >= 0.3 is 12.4 Å². The van der Waals surface area contributed by atoms with Gasteiger partial charge in [-0.3, -0.25) is 0 Å². The van der Waals surface area contributed by atoms with Crippen molar-refractivity contribution in [1.82, 2.24) is 19.5 Å². The van der Waals surface area contributed by atoms with E-state index in [4.69, 9.17) is 5.73 Å². The summed E-state index contributed by atoms with van der Waals surface area (Å²) < 4.78 is 77.5. The number of nitrogens with two attached hydrogens (primary N) is 1. The molecule has 3 rings (SSSR count). The molecule has 1 unspecified atom stereocenters. The van der Waals surface area contributed by atoms with E-state index in [1.165, 1.54) is 6.20 Å². The number of fused-ring (bicyclic) bond motifs is 1. The van der Waals surface area contributed by atoms with Gasteiger partial charge in [0, 0.05) is 5.41 Å². The lowest BCUT2D eigenvalue weighted by Gasteiger charge is -2.23. The normalized spacial score (nSPS) is 23.2. The molecule has 0 saturated heterocycles. The van der Waals surface area contributed by atoms with E-state index in [1.54, 1.807) is 0 Å². The quantitative estimate of drug-likeness (QED) is 0.841. The van der Waals surface area contributed by atoms with Gasteiger partial charge < -0.3 is 10.3 Å². The predicted octanol–water partition coefficient (Wildman–Crippen LogP) is 2.87. The van der Waals surface area contributed by atoms with Crippen molar-refractivity contribution in [2.24, 2.45) is 5.41 Å². The van der Waals surface area contributed by atoms with Crippen LogP contribution in [0.15, 0.2) is 12.5 Å². The van der Waals surface area contributed by atoms with E-state index in [0.717, 1.165) is 10.9 Å². The number of nitrogens with zero attached hydrogens (tertiary/aromatic N) is 4. The average molecular weight is 368 g/mol. The van der Waals surface area contributed by atoms with Crippen LogP contribution in [0.25, 0.3) is 11.2 Å². The summed E-state index contributed by atoms with van der Waals surface area (Å²) >= 11 is 0. The number of hydrogen-bond acceptors (Lipinski definition) is 4. The van der Waals surface area contributed by atoms with Gasteiger partial charge in [0.2, 0.25) is 5.95 Å². The molecule has 137 valence electrons. The molecule has 2 aromatic rings. The maximum Gasteiger partial charge on any atom is 0.389 e. The van der Waals surface area contributed by atoms with Gasteiger partial charge in [-0.1, -0.05) is 0 Å². The second kappa shape index (κ2) is 5.19. The van der Waals surface area contributed by atoms with Crippen molar-refractivity contribution >= 4 is 17.1 Å². The standard InChI is InChI=1S/C13H12F6N5O/c14-12(15,16)3-10(4-13(17,18)19)2-11(10,25)5-24-6-22-7-1-21-9(20)23-8(7)24/h1,6H,2-5H2,(H2,20,21,23). The number of imidazole rings is 1. The topological polar surface area (TPSA) is 89.5 Å². The Kier molecular flexibility index (Phi) is 3.68. The van der Waals surface area contributed by atoms with Crippen molar-refractivity contribution in [3.63, 3.8) is 0 Å². The highest BCUT2D eigenvalue weighted by molar-refractivity contribution is 5.70. The van der Waals surface area contributed by atoms with Gasteiger partial charge in [-0.2, -0.15) is 31.3 Å². The molecule has 25 heavy (non-hydrogen) atoms. The second-order valence-electron chi connectivity index (χ2n) is 6.34. The third-order valence-electron chi connectivity index (χ3n) is 4.35. The molecule has 2 aromatic heterocycles. The minimum Gasteiger partial charge on any atom is -0.368 e. The summed E-state index contributed by atoms with van der Waals surface area (Å²) in [6.45, 7) is -0.619. The molecule has 0 bridgehead atoms. The number of halogens is 6. The zero-order chi connectivity index (χ0) is 18.7. The molecule has 1 atom stereocenters. The third-order valence-corrected chi connectivity index (χ3v) is 4.35. The summed E-state index contributed by atoms with van der Waals surface area (Å²) in [6, 6.07) is 0. The highest BCUT2D eigenvalue weighted by Gasteiger charge is 2.73. The molecule has 0 amide bonds. The minimum absolute atomic E-state index is 0.0857. The Morgan fingerprint density at radius 1 is 1.12 bits per heavy atom. The first-order chi connectivity index (χ1) is 11.3. The van der Waals surface area contributed by atoms with E-state index in [2.05, 4.69) is 15.0 Å². The predicted molar refractivity (Wildman–Crippen MR) is 71.5 cm³/mol. The van der Waals surface area contributed by atoms with Crippen LogP contribution in [0, 0.1) is 5.41 Å². The fraction of sp³-hybridized carbons (Fsp3) is 0.615. The zero-order valence-electron chi connectivity index (χ0n) is 12.5. The van der Waals surface area contributed by atoms with E-state index in [1.807, 2.05) is 0 Å². The SMILES string of the molecule is Nc1ncc2ncn(CC3([O])CC3(CC(F)(F)F)CC(F)(F)F)c2n1. The van der Waals surface area contributed by atoms with Gasteiger partial charge in [0.1, 0.15) is 11.1 Å². The molecule has 0 spiro atoms. The van der Waals surface area contributed by atoms with Crippen LogP contribution >= 0.6 is 0 Å². The van der Waals surface area contributed by atoms with Crippen molar-refractivity contribution in [2.75, 3.05) is 5.73 Å². The van der Waals surface area contributed by atoms with Crippen molar-refractivity contribution in [1.29, 1.82) is 0 Å². The maximum atomic E-state index is 12.7. The van der Waals surface area contributed by atoms with E-state index >= 15 is 0 Å². The van der Waals surface area contributed by atoms with Crippen molar-refractivity contribution in [3.05, 3.63) is 12.5 Å². The fourth-order valence-corrected chi connectivity index (χ4v) is 3.26. The Morgan fingerprint density at radius 2 is 1.72 bits per heavy atom. The number of hydrogen-bond donors (Lipinski definition) is 1. The Balaban J connectivity index is 1.91. The molecule has 1 aliphatic rings. The Hall–Kier alpha value is -2.11. The van der Waals surface area contributed by atoms with Gasteiger partial charge in [-0.15, -0.1) is 0 Å². The van der Waals surface area contributed by atoms with Crippen LogP contribution < -0.4 is 5.73 Å². The molecule has 1 radical (unpaired) electrons. The Labute approximate surface area is 136 Å². The van der Waals surface area contributed by atoms with Crippen LogP contribution in [-0.4, -0.2) is 37.5 Å². The number of nitrogen functional groups attached to an aromatic ring is 1. The van der Waals surface area contributed by atoms with Crippen LogP contribution in [0.2, 0.25) is 0 Å². The van der Waals surface area contributed by atoms with Crippen molar-refractivity contribution < 1.29 is 31.4 Å². The van der Waals surface area contributed by atoms with E-state index < -0.39 is 49.2 Å². The van der Waals surface area contributed by atoms with E-state index in [0.29, 0.717) is 0 Å². The molecule has 12 heteroatoms. The average Bonchev–Trinajstić information content (AvgIpc) is 2.73. The van der Waals surface area contributed by atoms with Crippen LogP contribution in [0.3, 0.4) is 0 Å². The van der Waals surface area contributed by atoms with Gasteiger partial charge in [-0.05, 0) is 6.42 Å². The smallest absolute Gasteiger partial charge is 0.368 e. The van der Waals surface area contributed by atoms with Crippen LogP contribution in [-0.2, 0) is 11.7 Å². The van der Waals surface area contributed by atoms with Gasteiger partial charge in [0.15, 0.2) is 5.65 Å². The molecule has 6 nitrogen and oxygen atoms in total. The molecule has 0 aliphatic heterocycles. The Morgan fingerprint density at radius 3 is 2.28 bits per heavy atom. The zero-order valence-corrected chi connectivity index (χ0v) is 12.5. The van der Waals surface area contributed by atoms with Crippen LogP contribution in [0.5, 0.6) is 0 Å². The summed E-state index contributed by atoms with van der Waals surface area (Å²) in [5.41, 5.74) is 0.873. The molecule has 0 aromatic carbocycles. The van der Waals surface area contributed by atoms with Gasteiger partial charge in [0.05, 0.1) is 31.9 Å². The first kappa shape index (κ1) is 17.7. The lowest BCUT2D eigenvalue weighted by molar-refractivity contribution is -0.191. The molecule has 1 aliphatic carbocycles. The lowest BCUT2D eigenvalue weighted by Crippen LogP contribution is -2.32. The summed E-state index contributed by atoms with van der Waals surface area (Å²) in [6.07, 6.45) is -11.7. The summed E-state index contributed by atoms with van der Waals surface area (Å²) in [5.74, 6) is -0.151. The summed E-state index contributed by atoms with van der Waals surface area (Å²) in [5, 5.41) is 12.7. The van der Waals surface area contributed by atoms with Crippen LogP contribution in [0.1, 0.15) is 19.3 Å². The molecule has 2 heterocycles. The lowest BCUT2D eigenvalue weighted by atomic mass is 9.92. The summed E-state index contributed by atoms with van der Waals surface area (Å²) in [4.78, 5) is 11.4. The van der Waals surface area contributed by atoms with Crippen molar-refractivity contribution in [3.8, 4) is 0 Å². The molecule has 1 fully saturated rings. The number of anilines is 1. The fourth-order valence-electron chi connectivity index (χ4n) is 3.26. The highest BCUT2D eigenvalue weighted by atomic mass is 19.4. The molecular formula is C13H12F6N5O. The third kappa shape index (κ3) is 3.48. The minimum atomic E-state index is -4.87. The number of aromatic nitrogens is 4. The second-order valence-corrected chi connectivity index (χ2v) is 6.34. The number of rotatable bonds is 4. The highest BCUT2D eigenvalue weighted by Crippen LogP contribution is 2.66. The molecule has 2 N–H and O–H groups in total. The first-order valence-corrected chi connectivity index (χ1v) is 7.10. The maximum absolute atomic E-state index is 12.7. The molecular weight excluding hydrogens is 356 g/mol. The van der Waals surface area contributed by atoms with E-state index in [-0.39, 0.29) is 17.1 Å². The summed E-state index contributed by atoms with van der Waals surface area (Å²) in [7, 11) is 0. The first-order valence-electron chi connectivity index (χ1n) is 7.10. The van der Waals surface area contributed by atoms with E-state index in [9.17, 15) is 31.4 Å². The number of alkyl halides is 6. The Bertz CT molecular complexity index is 784. The van der Waals surface area contributed by atoms with Crippen molar-refractivity contribution in [2.45, 2.75) is 43.8 Å². The largest absolute Gasteiger partial charge is 0.389 e. The molecule has 1 saturated carbocycles. The van der Waals surface area contributed by atoms with Gasteiger partial charge in [0.25, 0.3) is 0 Å². The van der Waals surface area contributed by atoms with Gasteiger partial charge in [-0.25, -0.2) is 15.1 Å². The monoisotopic (exact) mass is 368 g/mol. The van der Waals surface area contributed by atoms with Crippen LogP contribution in [0.4, 0.5) is 32.3 Å².